The number of amidine groups is 1. The zero-order valence-corrected chi connectivity index (χ0v) is 10.1. The summed E-state index contributed by atoms with van der Waals surface area (Å²) in [5.41, 5.74) is 7.48. The van der Waals surface area contributed by atoms with E-state index in [9.17, 15) is 5.11 Å². The standard InChI is InChI=1S/C12H18N2O3/c1-8-3-9(2)5-11(4-8)17-7-10(15)6-12(13)14-16/h3-5,10,15-16H,6-7H2,1-2H3,(H2,13,14). The molecule has 0 fully saturated rings. The molecule has 1 unspecified atom stereocenters. The predicted molar refractivity (Wildman–Crippen MR) is 65.4 cm³/mol. The van der Waals surface area contributed by atoms with E-state index in [4.69, 9.17) is 15.7 Å². The number of aliphatic hydroxyl groups is 1. The number of hydrogen-bond acceptors (Lipinski definition) is 4. The van der Waals surface area contributed by atoms with Crippen molar-refractivity contribution in [2.75, 3.05) is 6.61 Å². The van der Waals surface area contributed by atoms with Gasteiger partial charge >= 0.3 is 0 Å². The first-order valence-corrected chi connectivity index (χ1v) is 5.37. The SMILES string of the molecule is Cc1cc(C)cc(OCC(O)C/C(N)=N/O)c1. The smallest absolute Gasteiger partial charge is 0.141 e. The molecular weight excluding hydrogens is 220 g/mol. The summed E-state index contributed by atoms with van der Waals surface area (Å²) in [6, 6.07) is 5.83. The van der Waals surface area contributed by atoms with Crippen LogP contribution in [0.1, 0.15) is 17.5 Å². The lowest BCUT2D eigenvalue weighted by Crippen LogP contribution is -2.25. The van der Waals surface area contributed by atoms with E-state index in [0.29, 0.717) is 5.75 Å². The van der Waals surface area contributed by atoms with Gasteiger partial charge in [-0.3, -0.25) is 0 Å². The second-order valence-corrected chi connectivity index (χ2v) is 4.08. The Hall–Kier alpha value is -1.75. The van der Waals surface area contributed by atoms with Crippen molar-refractivity contribution in [1.82, 2.24) is 0 Å². The van der Waals surface area contributed by atoms with Crippen molar-refractivity contribution in [2.24, 2.45) is 10.9 Å². The third kappa shape index (κ3) is 4.74. The number of nitrogens with two attached hydrogens (primary N) is 1. The molecule has 1 aromatic rings. The summed E-state index contributed by atoms with van der Waals surface area (Å²) in [5.74, 6) is 0.697. The molecule has 0 saturated carbocycles. The van der Waals surface area contributed by atoms with Gasteiger partial charge in [0.15, 0.2) is 0 Å². The van der Waals surface area contributed by atoms with Crippen LogP contribution in [-0.4, -0.2) is 28.9 Å². The van der Waals surface area contributed by atoms with Crippen molar-refractivity contribution in [2.45, 2.75) is 26.4 Å². The first kappa shape index (κ1) is 13.3. The van der Waals surface area contributed by atoms with E-state index in [1.54, 1.807) is 0 Å². The van der Waals surface area contributed by atoms with E-state index in [0.717, 1.165) is 11.1 Å². The van der Waals surface area contributed by atoms with Crippen molar-refractivity contribution in [3.63, 3.8) is 0 Å². The maximum atomic E-state index is 9.55. The number of ether oxygens (including phenoxy) is 1. The second-order valence-electron chi connectivity index (χ2n) is 4.08. The highest BCUT2D eigenvalue weighted by Gasteiger charge is 2.08. The maximum Gasteiger partial charge on any atom is 0.141 e. The fourth-order valence-corrected chi connectivity index (χ4v) is 1.55. The maximum absolute atomic E-state index is 9.55. The van der Waals surface area contributed by atoms with Crippen LogP contribution < -0.4 is 10.5 Å². The Morgan fingerprint density at radius 2 is 1.94 bits per heavy atom. The third-order valence-corrected chi connectivity index (χ3v) is 2.21. The van der Waals surface area contributed by atoms with Gasteiger partial charge in [0.25, 0.3) is 0 Å². The van der Waals surface area contributed by atoms with Crippen molar-refractivity contribution in [3.8, 4) is 5.75 Å². The zero-order valence-electron chi connectivity index (χ0n) is 10.1. The van der Waals surface area contributed by atoms with Crippen molar-refractivity contribution in [3.05, 3.63) is 29.3 Å². The quantitative estimate of drug-likeness (QED) is 0.311. The van der Waals surface area contributed by atoms with Gasteiger partial charge in [0, 0.05) is 6.42 Å². The van der Waals surface area contributed by atoms with Crippen LogP contribution in [0, 0.1) is 13.8 Å². The lowest BCUT2D eigenvalue weighted by molar-refractivity contribution is 0.112. The molecule has 17 heavy (non-hydrogen) atoms. The van der Waals surface area contributed by atoms with Crippen molar-refractivity contribution < 1.29 is 15.1 Å². The number of aryl methyl sites for hydroxylation is 2. The van der Waals surface area contributed by atoms with Crippen LogP contribution in [0.4, 0.5) is 0 Å². The fraction of sp³-hybridized carbons (Fsp3) is 0.417. The van der Waals surface area contributed by atoms with Gasteiger partial charge in [-0.2, -0.15) is 0 Å². The third-order valence-electron chi connectivity index (χ3n) is 2.21. The normalized spacial score (nSPS) is 13.5. The Morgan fingerprint density at radius 3 is 2.47 bits per heavy atom. The predicted octanol–water partition coefficient (Wildman–Crippen LogP) is 1.18. The van der Waals surface area contributed by atoms with Crippen LogP contribution in [0.15, 0.2) is 23.4 Å². The Bertz CT molecular complexity index is 384. The highest BCUT2D eigenvalue weighted by molar-refractivity contribution is 5.80. The topological polar surface area (TPSA) is 88.1 Å². The van der Waals surface area contributed by atoms with E-state index in [1.165, 1.54) is 0 Å². The van der Waals surface area contributed by atoms with Crippen LogP contribution >= 0.6 is 0 Å². The molecule has 0 bridgehead atoms. The summed E-state index contributed by atoms with van der Waals surface area (Å²) in [4.78, 5) is 0. The van der Waals surface area contributed by atoms with Gasteiger partial charge in [-0.05, 0) is 37.1 Å². The average molecular weight is 238 g/mol. The highest BCUT2D eigenvalue weighted by atomic mass is 16.5. The minimum Gasteiger partial charge on any atom is -0.491 e. The summed E-state index contributed by atoms with van der Waals surface area (Å²) in [7, 11) is 0. The van der Waals surface area contributed by atoms with E-state index in [2.05, 4.69) is 5.16 Å². The largest absolute Gasteiger partial charge is 0.491 e. The zero-order chi connectivity index (χ0) is 12.8. The van der Waals surface area contributed by atoms with Gasteiger partial charge in [-0.1, -0.05) is 11.2 Å². The first-order chi connectivity index (χ1) is 8.01. The minimum atomic E-state index is -0.785. The van der Waals surface area contributed by atoms with Crippen molar-refractivity contribution in [1.29, 1.82) is 0 Å². The average Bonchev–Trinajstić information content (AvgIpc) is 2.25. The van der Waals surface area contributed by atoms with Gasteiger partial charge in [-0.15, -0.1) is 0 Å². The summed E-state index contributed by atoms with van der Waals surface area (Å²) in [6.07, 6.45) is -0.701. The summed E-state index contributed by atoms with van der Waals surface area (Å²) in [5, 5.41) is 20.7. The number of oxime groups is 1. The van der Waals surface area contributed by atoms with Crippen LogP contribution in [0.25, 0.3) is 0 Å². The Kier molecular flexibility index (Phi) is 4.78. The number of benzene rings is 1. The molecule has 0 aliphatic heterocycles. The molecule has 0 amide bonds. The van der Waals surface area contributed by atoms with Gasteiger partial charge in [0.1, 0.15) is 18.2 Å². The van der Waals surface area contributed by atoms with Gasteiger partial charge in [0.05, 0.1) is 6.10 Å². The minimum absolute atomic E-state index is 0.0125. The Balaban J connectivity index is 2.50. The number of hydrogen-bond donors (Lipinski definition) is 3. The number of rotatable bonds is 5. The Labute approximate surface area is 101 Å². The molecule has 0 aliphatic rings. The molecule has 0 aromatic heterocycles. The molecule has 5 heteroatoms. The van der Waals surface area contributed by atoms with E-state index in [-0.39, 0.29) is 18.9 Å². The van der Waals surface area contributed by atoms with E-state index in [1.807, 2.05) is 32.0 Å². The lowest BCUT2D eigenvalue weighted by atomic mass is 10.1. The van der Waals surface area contributed by atoms with Crippen molar-refractivity contribution >= 4 is 5.84 Å². The number of aliphatic hydroxyl groups excluding tert-OH is 1. The molecule has 0 aliphatic carbocycles. The molecule has 0 saturated heterocycles. The molecule has 1 rings (SSSR count). The van der Waals surface area contributed by atoms with E-state index < -0.39 is 6.10 Å². The molecule has 0 heterocycles. The van der Waals surface area contributed by atoms with Crippen LogP contribution in [0.5, 0.6) is 5.75 Å². The summed E-state index contributed by atoms with van der Waals surface area (Å²) >= 11 is 0. The molecular formula is C12H18N2O3. The molecule has 4 N–H and O–H groups in total. The first-order valence-electron chi connectivity index (χ1n) is 5.37. The molecule has 1 aromatic carbocycles. The Morgan fingerprint density at radius 1 is 1.35 bits per heavy atom. The molecule has 0 spiro atoms. The van der Waals surface area contributed by atoms with Gasteiger partial charge in [-0.25, -0.2) is 0 Å². The number of nitrogens with zero attached hydrogens (tertiary/aromatic N) is 1. The van der Waals surface area contributed by atoms with Crippen LogP contribution in [0.3, 0.4) is 0 Å². The molecule has 94 valence electrons. The highest BCUT2D eigenvalue weighted by Crippen LogP contribution is 2.16. The van der Waals surface area contributed by atoms with Gasteiger partial charge in [0.2, 0.25) is 0 Å². The molecule has 0 radical (unpaired) electrons. The monoisotopic (exact) mass is 238 g/mol. The van der Waals surface area contributed by atoms with E-state index >= 15 is 0 Å². The summed E-state index contributed by atoms with van der Waals surface area (Å²) < 4.78 is 5.43. The summed E-state index contributed by atoms with van der Waals surface area (Å²) in [6.45, 7) is 4.07. The molecule has 5 nitrogen and oxygen atoms in total. The lowest BCUT2D eigenvalue weighted by Gasteiger charge is -2.12. The van der Waals surface area contributed by atoms with Gasteiger partial charge < -0.3 is 20.8 Å². The molecule has 1 atom stereocenters. The second kappa shape index (κ2) is 6.10. The van der Waals surface area contributed by atoms with Crippen LogP contribution in [-0.2, 0) is 0 Å². The van der Waals surface area contributed by atoms with Crippen LogP contribution in [0.2, 0.25) is 0 Å². The fourth-order valence-electron chi connectivity index (χ4n) is 1.55.